The largest absolute Gasteiger partial charge is 0.488 e. The molecular formula is C18H17NO. The van der Waals surface area contributed by atoms with Crippen molar-refractivity contribution in [1.82, 2.24) is 0 Å². The summed E-state index contributed by atoms with van der Waals surface area (Å²) in [6, 6.07) is 20.2. The molecular weight excluding hydrogens is 246 g/mol. The molecule has 3 aromatic rings. The van der Waals surface area contributed by atoms with Gasteiger partial charge in [-0.1, -0.05) is 54.1 Å². The minimum atomic E-state index is 0.565. The smallest absolute Gasteiger partial charge is 0.127 e. The quantitative estimate of drug-likeness (QED) is 0.715. The van der Waals surface area contributed by atoms with Gasteiger partial charge in [0.2, 0.25) is 0 Å². The first-order chi connectivity index (χ1) is 9.74. The van der Waals surface area contributed by atoms with E-state index in [0.717, 1.165) is 22.2 Å². The Balaban J connectivity index is 1.90. The third-order valence-corrected chi connectivity index (χ3v) is 3.39. The molecule has 20 heavy (non-hydrogen) atoms. The zero-order chi connectivity index (χ0) is 13.9. The van der Waals surface area contributed by atoms with Gasteiger partial charge in [-0.25, -0.2) is 0 Å². The summed E-state index contributed by atoms with van der Waals surface area (Å²) >= 11 is 0. The molecule has 2 N–H and O–H groups in total. The normalized spacial score (nSPS) is 10.7. The molecule has 0 fully saturated rings. The lowest BCUT2D eigenvalue weighted by Gasteiger charge is -2.11. The molecule has 0 bridgehead atoms. The molecule has 0 saturated carbocycles. The Morgan fingerprint density at radius 1 is 0.900 bits per heavy atom. The molecule has 0 amide bonds. The standard InChI is InChI=1S/C18H17NO/c1-13-5-4-6-14(11-13)12-20-18-10-9-17(19)15-7-2-3-8-16(15)18/h2-11H,12,19H2,1H3. The summed E-state index contributed by atoms with van der Waals surface area (Å²) in [7, 11) is 0. The maximum Gasteiger partial charge on any atom is 0.127 e. The lowest BCUT2D eigenvalue weighted by Crippen LogP contribution is -1.97. The van der Waals surface area contributed by atoms with Gasteiger partial charge in [-0.15, -0.1) is 0 Å². The van der Waals surface area contributed by atoms with Crippen molar-refractivity contribution >= 4 is 16.5 Å². The van der Waals surface area contributed by atoms with Crippen molar-refractivity contribution in [3.63, 3.8) is 0 Å². The van der Waals surface area contributed by atoms with Gasteiger partial charge < -0.3 is 10.5 Å². The number of benzene rings is 3. The van der Waals surface area contributed by atoms with Crippen LogP contribution in [0.2, 0.25) is 0 Å². The van der Waals surface area contributed by atoms with Crippen LogP contribution in [0, 0.1) is 6.92 Å². The van der Waals surface area contributed by atoms with Crippen LogP contribution in [0.15, 0.2) is 60.7 Å². The van der Waals surface area contributed by atoms with Crippen molar-refractivity contribution in [2.45, 2.75) is 13.5 Å². The highest BCUT2D eigenvalue weighted by molar-refractivity contribution is 5.96. The van der Waals surface area contributed by atoms with Gasteiger partial charge in [0.15, 0.2) is 0 Å². The van der Waals surface area contributed by atoms with Gasteiger partial charge in [-0.3, -0.25) is 0 Å². The molecule has 0 aliphatic carbocycles. The average Bonchev–Trinajstić information content (AvgIpc) is 2.47. The van der Waals surface area contributed by atoms with Crippen LogP contribution in [0.4, 0.5) is 5.69 Å². The Kier molecular flexibility index (Phi) is 3.30. The van der Waals surface area contributed by atoms with Crippen LogP contribution in [0.1, 0.15) is 11.1 Å². The summed E-state index contributed by atoms with van der Waals surface area (Å²) in [5.74, 6) is 0.872. The number of nitrogen functional groups attached to an aromatic ring is 1. The van der Waals surface area contributed by atoms with Crippen LogP contribution in [-0.2, 0) is 6.61 Å². The fraction of sp³-hybridized carbons (Fsp3) is 0.111. The van der Waals surface area contributed by atoms with E-state index >= 15 is 0 Å². The third-order valence-electron chi connectivity index (χ3n) is 3.39. The highest BCUT2D eigenvalue weighted by Crippen LogP contribution is 2.30. The molecule has 0 spiro atoms. The summed E-state index contributed by atoms with van der Waals surface area (Å²) in [5, 5.41) is 2.09. The van der Waals surface area contributed by atoms with Crippen LogP contribution in [0.5, 0.6) is 5.75 Å². The number of fused-ring (bicyclic) bond motifs is 1. The predicted octanol–water partition coefficient (Wildman–Crippen LogP) is 4.31. The second-order valence-electron chi connectivity index (χ2n) is 4.98. The van der Waals surface area contributed by atoms with Crippen LogP contribution < -0.4 is 10.5 Å². The number of anilines is 1. The molecule has 0 aliphatic heterocycles. The topological polar surface area (TPSA) is 35.2 Å². The molecule has 2 heteroatoms. The van der Waals surface area contributed by atoms with E-state index in [1.807, 2.05) is 36.4 Å². The van der Waals surface area contributed by atoms with Gasteiger partial charge in [0, 0.05) is 16.5 Å². The van der Waals surface area contributed by atoms with Crippen LogP contribution in [-0.4, -0.2) is 0 Å². The van der Waals surface area contributed by atoms with Crippen molar-refractivity contribution in [2.24, 2.45) is 0 Å². The van der Waals surface area contributed by atoms with Gasteiger partial charge in [0.05, 0.1) is 0 Å². The second-order valence-corrected chi connectivity index (χ2v) is 4.98. The van der Waals surface area contributed by atoms with Crippen LogP contribution in [0.25, 0.3) is 10.8 Å². The first-order valence-corrected chi connectivity index (χ1v) is 6.69. The molecule has 0 atom stereocenters. The van der Waals surface area contributed by atoms with E-state index in [1.165, 1.54) is 11.1 Å². The summed E-state index contributed by atoms with van der Waals surface area (Å²) in [5.41, 5.74) is 9.19. The van der Waals surface area contributed by atoms with Gasteiger partial charge >= 0.3 is 0 Å². The third kappa shape index (κ3) is 2.45. The molecule has 3 rings (SSSR count). The second kappa shape index (κ2) is 5.25. The fourth-order valence-electron chi connectivity index (χ4n) is 2.38. The predicted molar refractivity (Wildman–Crippen MR) is 83.9 cm³/mol. The highest BCUT2D eigenvalue weighted by atomic mass is 16.5. The van der Waals surface area contributed by atoms with E-state index < -0.39 is 0 Å². The van der Waals surface area contributed by atoms with E-state index in [4.69, 9.17) is 10.5 Å². The van der Waals surface area contributed by atoms with Crippen molar-refractivity contribution in [1.29, 1.82) is 0 Å². The van der Waals surface area contributed by atoms with E-state index in [9.17, 15) is 0 Å². The van der Waals surface area contributed by atoms with Gasteiger partial charge in [0.25, 0.3) is 0 Å². The average molecular weight is 263 g/mol. The number of aryl methyl sites for hydroxylation is 1. The molecule has 0 aliphatic rings. The Hall–Kier alpha value is -2.48. The number of nitrogens with two attached hydrogens (primary N) is 1. The fourth-order valence-corrected chi connectivity index (χ4v) is 2.38. The van der Waals surface area contributed by atoms with Crippen molar-refractivity contribution in [2.75, 3.05) is 5.73 Å². The zero-order valence-electron chi connectivity index (χ0n) is 11.5. The monoisotopic (exact) mass is 263 g/mol. The maximum atomic E-state index is 6.00. The number of hydrogen-bond donors (Lipinski definition) is 1. The van der Waals surface area contributed by atoms with Crippen molar-refractivity contribution in [3.8, 4) is 5.75 Å². The Bertz CT molecular complexity index is 749. The Morgan fingerprint density at radius 2 is 1.70 bits per heavy atom. The van der Waals surface area contributed by atoms with Crippen molar-refractivity contribution < 1.29 is 4.74 Å². The van der Waals surface area contributed by atoms with Crippen molar-refractivity contribution in [3.05, 3.63) is 71.8 Å². The lowest BCUT2D eigenvalue weighted by atomic mass is 10.1. The van der Waals surface area contributed by atoms with E-state index in [-0.39, 0.29) is 0 Å². The minimum absolute atomic E-state index is 0.565. The van der Waals surface area contributed by atoms with E-state index in [1.54, 1.807) is 0 Å². The molecule has 0 radical (unpaired) electrons. The van der Waals surface area contributed by atoms with Gasteiger partial charge in [-0.2, -0.15) is 0 Å². The lowest BCUT2D eigenvalue weighted by molar-refractivity contribution is 0.310. The first-order valence-electron chi connectivity index (χ1n) is 6.69. The van der Waals surface area contributed by atoms with Gasteiger partial charge in [0.1, 0.15) is 12.4 Å². The summed E-state index contributed by atoms with van der Waals surface area (Å²) in [6.45, 7) is 2.65. The zero-order valence-corrected chi connectivity index (χ0v) is 11.5. The number of ether oxygens (including phenoxy) is 1. The molecule has 0 saturated heterocycles. The number of rotatable bonds is 3. The van der Waals surface area contributed by atoms with Crippen LogP contribution in [0.3, 0.4) is 0 Å². The molecule has 3 aromatic carbocycles. The summed E-state index contributed by atoms with van der Waals surface area (Å²) in [4.78, 5) is 0. The maximum absolute atomic E-state index is 6.00. The minimum Gasteiger partial charge on any atom is -0.488 e. The number of hydrogen-bond acceptors (Lipinski definition) is 2. The van der Waals surface area contributed by atoms with E-state index in [0.29, 0.717) is 6.61 Å². The van der Waals surface area contributed by atoms with Crippen LogP contribution >= 0.6 is 0 Å². The highest BCUT2D eigenvalue weighted by Gasteiger charge is 2.05. The van der Waals surface area contributed by atoms with E-state index in [2.05, 4.69) is 31.2 Å². The molecule has 0 aromatic heterocycles. The van der Waals surface area contributed by atoms with Gasteiger partial charge in [-0.05, 0) is 24.6 Å². The SMILES string of the molecule is Cc1cccc(COc2ccc(N)c3ccccc23)c1. The molecule has 100 valence electrons. The molecule has 0 heterocycles. The Labute approximate surface area is 118 Å². The molecule has 2 nitrogen and oxygen atoms in total. The molecule has 0 unspecified atom stereocenters. The summed E-state index contributed by atoms with van der Waals surface area (Å²) < 4.78 is 5.96. The Morgan fingerprint density at radius 3 is 2.50 bits per heavy atom. The summed E-state index contributed by atoms with van der Waals surface area (Å²) in [6.07, 6.45) is 0. The first kappa shape index (κ1) is 12.5.